The first kappa shape index (κ1) is 16.1. The molecule has 5 nitrogen and oxygen atoms in total. The van der Waals surface area contributed by atoms with Crippen molar-refractivity contribution in [1.82, 2.24) is 10.3 Å². The molecule has 0 spiro atoms. The van der Waals surface area contributed by atoms with Gasteiger partial charge in [-0.2, -0.15) is 0 Å². The van der Waals surface area contributed by atoms with Crippen LogP contribution in [0.5, 0.6) is 0 Å². The number of nitrogens with two attached hydrogens (primary N) is 1. The maximum Gasteiger partial charge on any atom is 0.226 e. The summed E-state index contributed by atoms with van der Waals surface area (Å²) < 4.78 is 0. The van der Waals surface area contributed by atoms with Gasteiger partial charge in [0.15, 0.2) is 0 Å². The van der Waals surface area contributed by atoms with Crippen LogP contribution < -0.4 is 11.1 Å². The summed E-state index contributed by atoms with van der Waals surface area (Å²) in [5.41, 5.74) is 6.28. The van der Waals surface area contributed by atoms with Crippen molar-refractivity contribution in [2.75, 3.05) is 19.7 Å². The second-order valence-electron chi connectivity index (χ2n) is 4.44. The van der Waals surface area contributed by atoms with Crippen LogP contribution in [0.3, 0.4) is 0 Å². The molecule has 1 heterocycles. The summed E-state index contributed by atoms with van der Waals surface area (Å²) in [6.45, 7) is 1.37. The summed E-state index contributed by atoms with van der Waals surface area (Å²) in [7, 11) is 0. The number of carbonyl (C=O) groups is 1. The Balaban J connectivity index is 2.24. The van der Waals surface area contributed by atoms with E-state index in [-0.39, 0.29) is 12.5 Å². The predicted molar refractivity (Wildman–Crippen MR) is 77.1 cm³/mol. The van der Waals surface area contributed by atoms with Gasteiger partial charge in [-0.15, -0.1) is 11.3 Å². The van der Waals surface area contributed by atoms with Crippen LogP contribution in [0.2, 0.25) is 0 Å². The Hall–Kier alpha value is -0.980. The van der Waals surface area contributed by atoms with Gasteiger partial charge in [0.25, 0.3) is 0 Å². The average molecular weight is 285 g/mol. The third kappa shape index (κ3) is 7.25. The summed E-state index contributed by atoms with van der Waals surface area (Å²) in [6.07, 6.45) is 5.18. The lowest BCUT2D eigenvalue weighted by molar-refractivity contribution is -0.120. The van der Waals surface area contributed by atoms with E-state index < -0.39 is 0 Å². The zero-order valence-electron chi connectivity index (χ0n) is 11.2. The van der Waals surface area contributed by atoms with Crippen molar-refractivity contribution in [1.29, 1.82) is 0 Å². The molecular formula is C13H23N3O2S. The number of aliphatic hydroxyl groups excluding tert-OH is 1. The Morgan fingerprint density at radius 2 is 2.21 bits per heavy atom. The Kier molecular flexibility index (Phi) is 8.36. The Morgan fingerprint density at radius 3 is 2.95 bits per heavy atom. The van der Waals surface area contributed by atoms with E-state index in [4.69, 9.17) is 10.8 Å². The number of unbranched alkanes of at least 4 members (excludes halogenated alkanes) is 2. The van der Waals surface area contributed by atoms with Crippen LogP contribution in [0.25, 0.3) is 0 Å². The lowest BCUT2D eigenvalue weighted by Gasteiger charge is -2.01. The molecule has 0 unspecified atom stereocenters. The molecule has 0 aliphatic carbocycles. The fraction of sp³-hybridized carbons (Fsp3) is 0.692. The zero-order chi connectivity index (χ0) is 13.9. The minimum atomic E-state index is -0.0339. The van der Waals surface area contributed by atoms with Gasteiger partial charge in [-0.1, -0.05) is 6.42 Å². The van der Waals surface area contributed by atoms with E-state index in [1.165, 1.54) is 0 Å². The van der Waals surface area contributed by atoms with Crippen molar-refractivity contribution >= 4 is 17.2 Å². The molecule has 0 aromatic carbocycles. The lowest BCUT2D eigenvalue weighted by Crippen LogP contribution is -2.26. The summed E-state index contributed by atoms with van der Waals surface area (Å²) in [5.74, 6) is -0.0339. The molecule has 1 aromatic rings. The second kappa shape index (κ2) is 9.89. The Morgan fingerprint density at radius 1 is 1.37 bits per heavy atom. The number of amides is 1. The van der Waals surface area contributed by atoms with Gasteiger partial charge in [0.2, 0.25) is 5.91 Å². The van der Waals surface area contributed by atoms with Crippen molar-refractivity contribution in [2.24, 2.45) is 5.73 Å². The van der Waals surface area contributed by atoms with Crippen LogP contribution in [0.1, 0.15) is 36.4 Å². The molecule has 1 amide bonds. The molecule has 0 atom stereocenters. The number of hydrogen-bond acceptors (Lipinski definition) is 5. The van der Waals surface area contributed by atoms with Gasteiger partial charge in [0, 0.05) is 18.5 Å². The number of hydrogen-bond donors (Lipinski definition) is 3. The van der Waals surface area contributed by atoms with E-state index in [0.29, 0.717) is 19.4 Å². The van der Waals surface area contributed by atoms with Crippen LogP contribution in [0.4, 0.5) is 0 Å². The highest BCUT2D eigenvalue weighted by Gasteiger charge is 2.07. The standard InChI is InChI=1S/C13H23N3O2S/c14-6-3-1-2-5-13-16-11(10-19-13)9-12(18)15-7-4-8-17/h10,17H,1-9,14H2,(H,15,18). The van der Waals surface area contributed by atoms with Gasteiger partial charge >= 0.3 is 0 Å². The summed E-state index contributed by atoms with van der Waals surface area (Å²) in [4.78, 5) is 16.0. The molecule has 0 radical (unpaired) electrons. The highest BCUT2D eigenvalue weighted by molar-refractivity contribution is 7.09. The number of rotatable bonds is 10. The molecule has 6 heteroatoms. The number of nitrogens with zero attached hydrogens (tertiary/aromatic N) is 1. The van der Waals surface area contributed by atoms with Crippen LogP contribution in [-0.2, 0) is 17.6 Å². The van der Waals surface area contributed by atoms with Crippen molar-refractivity contribution in [3.8, 4) is 0 Å². The van der Waals surface area contributed by atoms with Crippen molar-refractivity contribution in [3.05, 3.63) is 16.1 Å². The fourth-order valence-electron chi connectivity index (χ4n) is 1.68. The lowest BCUT2D eigenvalue weighted by atomic mass is 10.2. The number of aliphatic hydroxyl groups is 1. The van der Waals surface area contributed by atoms with E-state index in [1.807, 2.05) is 5.38 Å². The number of carbonyl (C=O) groups excluding carboxylic acids is 1. The molecule has 0 aliphatic heterocycles. The van der Waals surface area contributed by atoms with Crippen LogP contribution in [0.15, 0.2) is 5.38 Å². The minimum absolute atomic E-state index is 0.0339. The SMILES string of the molecule is NCCCCCc1nc(CC(=O)NCCCO)cs1. The summed E-state index contributed by atoms with van der Waals surface area (Å²) in [6, 6.07) is 0. The zero-order valence-corrected chi connectivity index (χ0v) is 12.0. The maximum atomic E-state index is 11.6. The first-order valence-corrected chi connectivity index (χ1v) is 7.65. The molecule has 0 saturated heterocycles. The van der Waals surface area contributed by atoms with Gasteiger partial charge in [0.1, 0.15) is 0 Å². The van der Waals surface area contributed by atoms with Gasteiger partial charge < -0.3 is 16.2 Å². The number of thiazole rings is 1. The highest BCUT2D eigenvalue weighted by atomic mass is 32.1. The van der Waals surface area contributed by atoms with Crippen molar-refractivity contribution in [3.63, 3.8) is 0 Å². The third-order valence-electron chi connectivity index (χ3n) is 2.69. The second-order valence-corrected chi connectivity index (χ2v) is 5.38. The number of aromatic nitrogens is 1. The molecule has 1 rings (SSSR count). The third-order valence-corrected chi connectivity index (χ3v) is 3.65. The topological polar surface area (TPSA) is 88.2 Å². The molecule has 19 heavy (non-hydrogen) atoms. The minimum Gasteiger partial charge on any atom is -0.396 e. The van der Waals surface area contributed by atoms with Gasteiger partial charge in [-0.25, -0.2) is 4.98 Å². The van der Waals surface area contributed by atoms with Crippen molar-refractivity contribution in [2.45, 2.75) is 38.5 Å². The quantitative estimate of drug-likeness (QED) is 0.556. The molecule has 1 aromatic heterocycles. The van der Waals surface area contributed by atoms with E-state index in [9.17, 15) is 4.79 Å². The predicted octanol–water partition coefficient (Wildman–Crippen LogP) is 0.856. The van der Waals surface area contributed by atoms with E-state index in [1.54, 1.807) is 11.3 Å². The molecule has 4 N–H and O–H groups in total. The van der Waals surface area contributed by atoms with E-state index in [2.05, 4.69) is 10.3 Å². The molecular weight excluding hydrogens is 262 g/mol. The van der Waals surface area contributed by atoms with Crippen LogP contribution in [0, 0.1) is 0 Å². The number of nitrogens with one attached hydrogen (secondary N) is 1. The van der Waals surface area contributed by atoms with Gasteiger partial charge in [-0.3, -0.25) is 4.79 Å². The average Bonchev–Trinajstić information content (AvgIpc) is 2.82. The first-order valence-electron chi connectivity index (χ1n) is 6.77. The molecule has 0 bridgehead atoms. The number of aryl methyl sites for hydroxylation is 1. The maximum absolute atomic E-state index is 11.6. The van der Waals surface area contributed by atoms with Crippen LogP contribution in [-0.4, -0.2) is 35.7 Å². The smallest absolute Gasteiger partial charge is 0.226 e. The van der Waals surface area contributed by atoms with Gasteiger partial charge in [-0.05, 0) is 32.2 Å². The molecule has 108 valence electrons. The molecule has 0 fully saturated rings. The summed E-state index contributed by atoms with van der Waals surface area (Å²) >= 11 is 1.62. The fourth-order valence-corrected chi connectivity index (χ4v) is 2.52. The Bertz CT molecular complexity index is 369. The molecule has 0 saturated carbocycles. The van der Waals surface area contributed by atoms with Gasteiger partial charge in [0.05, 0.1) is 17.1 Å². The highest BCUT2D eigenvalue weighted by Crippen LogP contribution is 2.13. The van der Waals surface area contributed by atoms with Crippen LogP contribution >= 0.6 is 11.3 Å². The van der Waals surface area contributed by atoms with E-state index in [0.717, 1.165) is 42.9 Å². The Labute approximate surface area is 118 Å². The molecule has 0 aliphatic rings. The summed E-state index contributed by atoms with van der Waals surface area (Å²) in [5, 5.41) is 14.4. The normalized spacial score (nSPS) is 10.6. The van der Waals surface area contributed by atoms with E-state index >= 15 is 0 Å². The largest absolute Gasteiger partial charge is 0.396 e. The monoisotopic (exact) mass is 285 g/mol. The first-order chi connectivity index (χ1) is 9.26. The van der Waals surface area contributed by atoms with Crippen molar-refractivity contribution < 1.29 is 9.90 Å².